The van der Waals surface area contributed by atoms with Gasteiger partial charge >= 0.3 is 12.0 Å². The van der Waals surface area contributed by atoms with Crippen molar-refractivity contribution in [3.63, 3.8) is 0 Å². The lowest BCUT2D eigenvalue weighted by molar-refractivity contribution is 0.339. The fourth-order valence-corrected chi connectivity index (χ4v) is 1.24. The monoisotopic (exact) mass is 239 g/mol. The zero-order chi connectivity index (χ0) is 12.4. The highest BCUT2D eigenvalue weighted by molar-refractivity contribution is 5.82. The van der Waals surface area contributed by atoms with Crippen LogP contribution in [-0.2, 0) is 0 Å². The van der Waals surface area contributed by atoms with Crippen molar-refractivity contribution in [2.75, 3.05) is 25.9 Å². The molecule has 2 N–H and O–H groups in total. The van der Waals surface area contributed by atoms with Gasteiger partial charge in [0.2, 0.25) is 0 Å². The second kappa shape index (κ2) is 4.37. The summed E-state index contributed by atoms with van der Waals surface area (Å²) >= 11 is 0. The van der Waals surface area contributed by atoms with E-state index in [0.29, 0.717) is 18.5 Å². The maximum atomic E-state index is 5.67. The number of hydrazone groups is 1. The molecule has 0 aromatic carbocycles. The molecule has 9 nitrogen and oxygen atoms in total. The fraction of sp³-hybridized carbons (Fsp3) is 0.500. The number of hydrogen-bond donors (Lipinski definition) is 1. The van der Waals surface area contributed by atoms with Crippen LogP contribution in [0.25, 0.3) is 0 Å². The Hall–Kier alpha value is -2.16. The molecule has 9 heteroatoms. The van der Waals surface area contributed by atoms with Crippen LogP contribution >= 0.6 is 0 Å². The van der Waals surface area contributed by atoms with Crippen LogP contribution in [0.2, 0.25) is 0 Å². The van der Waals surface area contributed by atoms with Gasteiger partial charge in [0.15, 0.2) is 0 Å². The van der Waals surface area contributed by atoms with Gasteiger partial charge in [-0.3, -0.25) is 5.01 Å². The Balaban J connectivity index is 2.32. The Morgan fingerprint density at radius 1 is 1.12 bits per heavy atom. The van der Waals surface area contributed by atoms with Crippen molar-refractivity contribution < 1.29 is 9.47 Å². The van der Waals surface area contributed by atoms with Gasteiger partial charge in [-0.1, -0.05) is 0 Å². The third-order valence-corrected chi connectivity index (χ3v) is 2.15. The molecule has 17 heavy (non-hydrogen) atoms. The highest BCUT2D eigenvalue weighted by atomic mass is 16.5. The predicted molar refractivity (Wildman–Crippen MR) is 59.4 cm³/mol. The number of aromatic nitrogens is 3. The van der Waals surface area contributed by atoms with Gasteiger partial charge in [-0.15, -0.1) is 4.98 Å². The molecule has 0 amide bonds. The van der Waals surface area contributed by atoms with E-state index in [1.54, 1.807) is 6.92 Å². The van der Waals surface area contributed by atoms with Crippen LogP contribution in [-0.4, -0.2) is 46.7 Å². The Morgan fingerprint density at radius 2 is 1.71 bits per heavy atom. The maximum Gasteiger partial charge on any atom is 0.324 e. The van der Waals surface area contributed by atoms with Crippen LogP contribution in [0.1, 0.15) is 6.92 Å². The van der Waals surface area contributed by atoms with Crippen LogP contribution in [0.3, 0.4) is 0 Å². The largest absolute Gasteiger partial charge is 0.467 e. The summed E-state index contributed by atoms with van der Waals surface area (Å²) < 4.78 is 9.90. The number of nitrogens with zero attached hydrogens (tertiary/aromatic N) is 6. The first-order chi connectivity index (χ1) is 8.13. The molecular formula is C8H13N7O2. The van der Waals surface area contributed by atoms with Crippen molar-refractivity contribution in [2.24, 2.45) is 10.9 Å². The van der Waals surface area contributed by atoms with Crippen molar-refractivity contribution in [3.8, 4) is 12.0 Å². The molecule has 92 valence electrons. The molecule has 0 aliphatic carbocycles. The Kier molecular flexibility index (Phi) is 2.91. The molecule has 0 saturated carbocycles. The van der Waals surface area contributed by atoms with Crippen molar-refractivity contribution >= 4 is 11.8 Å². The Bertz CT molecular complexity index is 427. The number of rotatable bonds is 3. The molecule has 1 aliphatic rings. The van der Waals surface area contributed by atoms with Crippen LogP contribution in [0.15, 0.2) is 5.10 Å². The van der Waals surface area contributed by atoms with E-state index in [1.165, 1.54) is 24.2 Å². The van der Waals surface area contributed by atoms with E-state index in [1.807, 2.05) is 0 Å². The lowest BCUT2D eigenvalue weighted by Crippen LogP contribution is -2.36. The van der Waals surface area contributed by atoms with Gasteiger partial charge in [-0.05, 0) is 6.92 Å². The zero-order valence-electron chi connectivity index (χ0n) is 9.78. The molecule has 1 aromatic heterocycles. The van der Waals surface area contributed by atoms with E-state index in [4.69, 9.17) is 15.3 Å². The van der Waals surface area contributed by atoms with E-state index in [2.05, 4.69) is 20.1 Å². The topological polar surface area (TPSA) is 102 Å². The average Bonchev–Trinajstić information content (AvgIpc) is 2.69. The van der Waals surface area contributed by atoms with E-state index in [9.17, 15) is 0 Å². The standard InChI is InChI=1S/C8H13N7O2/c1-5-13-15(4-14(5)9)6-10-7(16-2)12-8(11-6)17-3/h4,9H2,1-3H3. The first-order valence-electron chi connectivity index (χ1n) is 4.83. The summed E-state index contributed by atoms with van der Waals surface area (Å²) in [6.07, 6.45) is 0. The van der Waals surface area contributed by atoms with E-state index >= 15 is 0 Å². The van der Waals surface area contributed by atoms with Crippen LogP contribution in [0, 0.1) is 0 Å². The van der Waals surface area contributed by atoms with Crippen molar-refractivity contribution in [2.45, 2.75) is 6.92 Å². The fourth-order valence-electron chi connectivity index (χ4n) is 1.24. The van der Waals surface area contributed by atoms with Gasteiger partial charge in [-0.25, -0.2) is 10.9 Å². The number of methoxy groups -OCH3 is 2. The van der Waals surface area contributed by atoms with Gasteiger partial charge in [0.05, 0.1) is 14.2 Å². The number of hydrazine groups is 1. The lowest BCUT2D eigenvalue weighted by atomic mass is 10.7. The molecule has 0 unspecified atom stereocenters. The molecule has 0 radical (unpaired) electrons. The predicted octanol–water partition coefficient (Wildman–Crippen LogP) is -0.825. The number of nitrogens with two attached hydrogens (primary N) is 1. The molecule has 1 aromatic rings. The Labute approximate surface area is 97.8 Å². The summed E-state index contributed by atoms with van der Waals surface area (Å²) in [6, 6.07) is 0.324. The third-order valence-electron chi connectivity index (χ3n) is 2.15. The highest BCUT2D eigenvalue weighted by Crippen LogP contribution is 2.18. The van der Waals surface area contributed by atoms with Gasteiger partial charge in [-0.2, -0.15) is 15.1 Å². The first-order valence-corrected chi connectivity index (χ1v) is 4.83. The minimum atomic E-state index is 0.162. The first kappa shape index (κ1) is 11.3. The summed E-state index contributed by atoms with van der Waals surface area (Å²) in [5.74, 6) is 6.66. The molecular weight excluding hydrogens is 226 g/mol. The number of amidine groups is 1. The second-order valence-corrected chi connectivity index (χ2v) is 3.27. The van der Waals surface area contributed by atoms with E-state index < -0.39 is 0 Å². The molecule has 0 saturated heterocycles. The Morgan fingerprint density at radius 3 is 2.12 bits per heavy atom. The SMILES string of the molecule is COc1nc(OC)nc(N2CN(N)C(C)=N2)n1. The summed E-state index contributed by atoms with van der Waals surface area (Å²) in [5.41, 5.74) is 0. The van der Waals surface area contributed by atoms with Crippen LogP contribution in [0.4, 0.5) is 5.95 Å². The average molecular weight is 239 g/mol. The highest BCUT2D eigenvalue weighted by Gasteiger charge is 2.22. The molecule has 2 heterocycles. The van der Waals surface area contributed by atoms with Gasteiger partial charge < -0.3 is 9.47 Å². The summed E-state index contributed by atoms with van der Waals surface area (Å²) in [4.78, 5) is 12.0. The number of anilines is 1. The lowest BCUT2D eigenvalue weighted by Gasteiger charge is -2.14. The molecule has 0 bridgehead atoms. The van der Waals surface area contributed by atoms with Crippen molar-refractivity contribution in [1.82, 2.24) is 20.0 Å². The van der Waals surface area contributed by atoms with Gasteiger partial charge in [0.25, 0.3) is 5.95 Å². The number of ether oxygens (including phenoxy) is 2. The molecule has 0 fully saturated rings. The van der Waals surface area contributed by atoms with Crippen LogP contribution in [0.5, 0.6) is 12.0 Å². The maximum absolute atomic E-state index is 5.67. The number of hydrogen-bond acceptors (Lipinski definition) is 9. The van der Waals surface area contributed by atoms with Gasteiger partial charge in [0.1, 0.15) is 12.5 Å². The van der Waals surface area contributed by atoms with Crippen molar-refractivity contribution in [1.29, 1.82) is 0 Å². The summed E-state index contributed by atoms with van der Waals surface area (Å²) in [6.45, 7) is 2.15. The molecule has 1 aliphatic heterocycles. The second-order valence-electron chi connectivity index (χ2n) is 3.27. The smallest absolute Gasteiger partial charge is 0.324 e. The van der Waals surface area contributed by atoms with E-state index in [0.717, 1.165) is 0 Å². The van der Waals surface area contributed by atoms with Crippen molar-refractivity contribution in [3.05, 3.63) is 0 Å². The molecule has 0 atom stereocenters. The quantitative estimate of drug-likeness (QED) is 0.682. The normalized spacial score (nSPS) is 14.9. The summed E-state index contributed by atoms with van der Waals surface area (Å²) in [7, 11) is 2.93. The minimum absolute atomic E-state index is 0.162. The molecule has 0 spiro atoms. The summed E-state index contributed by atoms with van der Waals surface area (Å²) in [5, 5.41) is 7.18. The minimum Gasteiger partial charge on any atom is -0.467 e. The third kappa shape index (κ3) is 2.18. The van der Waals surface area contributed by atoms with Crippen LogP contribution < -0.4 is 20.3 Å². The van der Waals surface area contributed by atoms with Gasteiger partial charge in [0, 0.05) is 0 Å². The van der Waals surface area contributed by atoms with E-state index in [-0.39, 0.29) is 12.0 Å². The molecule has 2 rings (SSSR count). The zero-order valence-corrected chi connectivity index (χ0v) is 9.78.